The molecule has 0 amide bonds. The van der Waals surface area contributed by atoms with Gasteiger partial charge in [0.1, 0.15) is 30.7 Å². The summed E-state index contributed by atoms with van der Waals surface area (Å²) in [5, 5.41) is 0. The molecule has 0 saturated carbocycles. The topological polar surface area (TPSA) is 99.6 Å². The number of esters is 2. The number of rotatable bonds is 7. The minimum absolute atomic E-state index is 0.0831. The molecule has 1 heterocycles. The van der Waals surface area contributed by atoms with Gasteiger partial charge in [-0.2, -0.15) is 0 Å². The predicted octanol–water partition coefficient (Wildman–Crippen LogP) is 0.375. The molecular formula is C12H16N2O6S. The summed E-state index contributed by atoms with van der Waals surface area (Å²) < 4.78 is 16.6. The molecule has 0 spiro atoms. The minimum Gasteiger partial charge on any atom is -0.463 e. The quantitative estimate of drug-likeness (QED) is 0.573. The van der Waals surface area contributed by atoms with Crippen molar-refractivity contribution >= 4 is 24.2 Å². The van der Waals surface area contributed by atoms with E-state index >= 15 is 0 Å². The van der Waals surface area contributed by atoms with Gasteiger partial charge < -0.3 is 14.2 Å². The van der Waals surface area contributed by atoms with Gasteiger partial charge in [-0.1, -0.05) is 12.2 Å². The summed E-state index contributed by atoms with van der Waals surface area (Å²) in [5.41, 5.74) is -0.429. The fourth-order valence-corrected chi connectivity index (χ4v) is 1.44. The first-order valence-corrected chi connectivity index (χ1v) is 6.47. The zero-order chi connectivity index (χ0) is 15.8. The number of hydrogen-bond acceptors (Lipinski definition) is 7. The summed E-state index contributed by atoms with van der Waals surface area (Å²) in [6.45, 7) is 2.24. The molecule has 0 saturated heterocycles. The van der Waals surface area contributed by atoms with Crippen LogP contribution in [0.15, 0.2) is 17.1 Å². The number of H-pyrrole nitrogens is 1. The molecule has 1 N–H and O–H groups in total. The van der Waals surface area contributed by atoms with Gasteiger partial charge in [-0.25, -0.2) is 4.79 Å². The van der Waals surface area contributed by atoms with Gasteiger partial charge in [-0.3, -0.25) is 19.1 Å². The van der Waals surface area contributed by atoms with Crippen molar-refractivity contribution in [1.82, 2.24) is 9.55 Å². The average Bonchev–Trinajstić information content (AvgIpc) is 2.39. The van der Waals surface area contributed by atoms with Gasteiger partial charge in [-0.15, -0.1) is 0 Å². The van der Waals surface area contributed by atoms with Crippen LogP contribution in [-0.4, -0.2) is 40.8 Å². The Balaban J connectivity index is 2.62. The lowest BCUT2D eigenvalue weighted by Gasteiger charge is -2.17. The Hall–Kier alpha value is -2.00. The molecule has 8 nitrogen and oxygen atoms in total. The molecule has 1 rings (SSSR count). The maximum absolute atomic E-state index is 11.6. The van der Waals surface area contributed by atoms with Crippen LogP contribution in [0.1, 0.15) is 13.8 Å². The Morgan fingerprint density at radius 1 is 1.29 bits per heavy atom. The van der Waals surface area contributed by atoms with Crippen molar-refractivity contribution in [2.75, 3.05) is 13.2 Å². The molecule has 1 aromatic rings. The van der Waals surface area contributed by atoms with Crippen LogP contribution in [0, 0.1) is 4.64 Å². The standard InChI is InChI=1S/C12H16N2O6S/c1-8(15)18-5-10(6-19-9(2)16)20-7-14-4-3-11(21)13-12(14)17/h3-4,10H,5-7H2,1-2H3,(H,13,17,21). The fraction of sp³-hybridized carbons (Fsp3) is 0.500. The molecule has 0 unspecified atom stereocenters. The molecule has 116 valence electrons. The van der Waals surface area contributed by atoms with Gasteiger partial charge in [0.15, 0.2) is 0 Å². The summed E-state index contributed by atoms with van der Waals surface area (Å²) >= 11 is 4.81. The second-order valence-corrected chi connectivity index (χ2v) is 4.54. The Labute approximate surface area is 125 Å². The van der Waals surface area contributed by atoms with Crippen molar-refractivity contribution < 1.29 is 23.8 Å². The van der Waals surface area contributed by atoms with Crippen molar-refractivity contribution in [1.29, 1.82) is 0 Å². The van der Waals surface area contributed by atoms with Crippen molar-refractivity contribution in [3.8, 4) is 0 Å². The zero-order valence-corrected chi connectivity index (χ0v) is 12.5. The van der Waals surface area contributed by atoms with Crippen molar-refractivity contribution in [2.45, 2.75) is 26.7 Å². The predicted molar refractivity (Wildman–Crippen MR) is 74.0 cm³/mol. The third kappa shape index (κ3) is 6.82. The molecule has 21 heavy (non-hydrogen) atoms. The number of aromatic amines is 1. The number of nitrogens with one attached hydrogen (secondary N) is 1. The average molecular weight is 316 g/mol. The molecule has 0 aliphatic carbocycles. The van der Waals surface area contributed by atoms with E-state index in [9.17, 15) is 14.4 Å². The van der Waals surface area contributed by atoms with Gasteiger partial charge in [0.2, 0.25) is 0 Å². The van der Waals surface area contributed by atoms with Crippen LogP contribution in [0.2, 0.25) is 0 Å². The van der Waals surface area contributed by atoms with Crippen LogP contribution in [0.5, 0.6) is 0 Å². The zero-order valence-electron chi connectivity index (χ0n) is 11.7. The number of hydrogen-bond donors (Lipinski definition) is 1. The van der Waals surface area contributed by atoms with E-state index in [4.69, 9.17) is 26.4 Å². The number of carbonyl (C=O) groups excluding carboxylic acids is 2. The first kappa shape index (κ1) is 17.1. The molecule has 9 heteroatoms. The summed E-state index contributed by atoms with van der Waals surface area (Å²) in [4.78, 5) is 35.6. The molecule has 1 aromatic heterocycles. The van der Waals surface area contributed by atoms with Crippen LogP contribution in [-0.2, 0) is 30.5 Å². The SMILES string of the molecule is CC(=O)OCC(COC(C)=O)OCn1ccc(=S)[nH]c1=O. The van der Waals surface area contributed by atoms with Crippen molar-refractivity contribution in [2.24, 2.45) is 0 Å². The van der Waals surface area contributed by atoms with Crippen LogP contribution >= 0.6 is 12.2 Å². The highest BCUT2D eigenvalue weighted by molar-refractivity contribution is 7.71. The lowest BCUT2D eigenvalue weighted by Crippen LogP contribution is -2.31. The normalized spacial score (nSPS) is 10.4. The molecule has 0 bridgehead atoms. The lowest BCUT2D eigenvalue weighted by molar-refractivity contribution is -0.154. The molecule has 0 radical (unpaired) electrons. The van der Waals surface area contributed by atoms with Gasteiger partial charge in [0, 0.05) is 20.0 Å². The number of nitrogens with zero attached hydrogens (tertiary/aromatic N) is 1. The van der Waals surface area contributed by atoms with E-state index in [0.717, 1.165) is 0 Å². The van der Waals surface area contributed by atoms with Gasteiger partial charge in [0.05, 0.1) is 0 Å². The molecule has 0 fully saturated rings. The molecule has 0 aliphatic heterocycles. The van der Waals surface area contributed by atoms with Crippen LogP contribution in [0.25, 0.3) is 0 Å². The Bertz CT molecular complexity index is 590. The molecule has 0 aromatic carbocycles. The Kier molecular flexibility index (Phi) is 6.76. The lowest BCUT2D eigenvalue weighted by atomic mass is 10.4. The van der Waals surface area contributed by atoms with Crippen molar-refractivity contribution in [3.05, 3.63) is 27.4 Å². The fourth-order valence-electron chi connectivity index (χ4n) is 1.30. The molecular weight excluding hydrogens is 300 g/mol. The molecule has 0 atom stereocenters. The molecule has 0 aliphatic rings. The van der Waals surface area contributed by atoms with E-state index in [1.54, 1.807) is 0 Å². The van der Waals surface area contributed by atoms with E-state index < -0.39 is 23.7 Å². The largest absolute Gasteiger partial charge is 0.463 e. The monoisotopic (exact) mass is 316 g/mol. The second kappa shape index (κ2) is 8.32. The van der Waals surface area contributed by atoms with Crippen molar-refractivity contribution in [3.63, 3.8) is 0 Å². The maximum atomic E-state index is 11.6. The smallest absolute Gasteiger partial charge is 0.328 e. The van der Waals surface area contributed by atoms with Gasteiger partial charge in [-0.05, 0) is 6.07 Å². The number of aromatic nitrogens is 2. The van der Waals surface area contributed by atoms with E-state index in [2.05, 4.69) is 4.98 Å². The summed E-state index contributed by atoms with van der Waals surface area (Å²) in [5.74, 6) is -0.959. The first-order valence-electron chi connectivity index (χ1n) is 6.06. The summed E-state index contributed by atoms with van der Waals surface area (Å²) in [6.07, 6.45) is 0.795. The van der Waals surface area contributed by atoms with E-state index in [-0.39, 0.29) is 19.9 Å². The van der Waals surface area contributed by atoms with E-state index in [0.29, 0.717) is 4.64 Å². The summed E-state index contributed by atoms with van der Waals surface area (Å²) in [7, 11) is 0. The minimum atomic E-state index is -0.673. The number of ether oxygens (including phenoxy) is 3. The van der Waals surface area contributed by atoms with Gasteiger partial charge >= 0.3 is 17.6 Å². The highest BCUT2D eigenvalue weighted by Crippen LogP contribution is 1.98. The highest BCUT2D eigenvalue weighted by atomic mass is 32.1. The first-order chi connectivity index (χ1) is 9.88. The Morgan fingerprint density at radius 2 is 1.86 bits per heavy atom. The van der Waals surface area contributed by atoms with Crippen LogP contribution < -0.4 is 5.69 Å². The van der Waals surface area contributed by atoms with E-state index in [1.165, 1.54) is 30.7 Å². The second-order valence-electron chi connectivity index (χ2n) is 4.10. The van der Waals surface area contributed by atoms with Crippen LogP contribution in [0.4, 0.5) is 0 Å². The highest BCUT2D eigenvalue weighted by Gasteiger charge is 2.13. The third-order valence-corrected chi connectivity index (χ3v) is 2.53. The number of carbonyl (C=O) groups is 2. The van der Waals surface area contributed by atoms with Gasteiger partial charge in [0.25, 0.3) is 0 Å². The van der Waals surface area contributed by atoms with E-state index in [1.807, 2.05) is 0 Å². The maximum Gasteiger partial charge on any atom is 0.328 e. The van der Waals surface area contributed by atoms with Crippen LogP contribution in [0.3, 0.4) is 0 Å². The third-order valence-electron chi connectivity index (χ3n) is 2.29. The summed E-state index contributed by atoms with van der Waals surface area (Å²) in [6, 6.07) is 1.53. The Morgan fingerprint density at radius 3 is 2.33 bits per heavy atom.